The first-order valence-corrected chi connectivity index (χ1v) is 7.58. The van der Waals surface area contributed by atoms with Crippen molar-refractivity contribution >= 4 is 0 Å². The van der Waals surface area contributed by atoms with E-state index in [1.165, 1.54) is 28.4 Å². The van der Waals surface area contributed by atoms with Crippen LogP contribution < -0.4 is 24.7 Å². The summed E-state index contributed by atoms with van der Waals surface area (Å²) < 4.78 is 21.0. The maximum absolute atomic E-state index is 9.86. The zero-order valence-electron chi connectivity index (χ0n) is 15.0. The second-order valence-corrected chi connectivity index (χ2v) is 5.33. The summed E-state index contributed by atoms with van der Waals surface area (Å²) in [6.07, 6.45) is 0. The third-order valence-electron chi connectivity index (χ3n) is 4.10. The highest BCUT2D eigenvalue weighted by molar-refractivity contribution is 5.63. The molecule has 0 heterocycles. The number of hydrogen-bond donors (Lipinski definition) is 1. The molecule has 2 aromatic carbocycles. The van der Waals surface area contributed by atoms with E-state index in [1.807, 2.05) is 0 Å². The number of rotatable bonds is 6. The Kier molecular flexibility index (Phi) is 5.56. The van der Waals surface area contributed by atoms with Gasteiger partial charge in [-0.25, -0.2) is 0 Å². The molecule has 0 amide bonds. The Morgan fingerprint density at radius 2 is 1.46 bits per heavy atom. The van der Waals surface area contributed by atoms with Gasteiger partial charge in [-0.3, -0.25) is 0 Å². The fraction of sp³-hybridized carbons (Fsp3) is 0.263. The fourth-order valence-electron chi connectivity index (χ4n) is 2.73. The lowest BCUT2D eigenvalue weighted by atomic mass is 9.82. The first-order valence-electron chi connectivity index (χ1n) is 7.58. The van der Waals surface area contributed by atoms with E-state index in [4.69, 9.17) is 24.7 Å². The van der Waals surface area contributed by atoms with Crippen molar-refractivity contribution in [2.24, 2.45) is 5.73 Å². The summed E-state index contributed by atoms with van der Waals surface area (Å²) in [5.74, 6) is 1.52. The van der Waals surface area contributed by atoms with Crippen LogP contribution in [0.1, 0.15) is 16.7 Å². The summed E-state index contributed by atoms with van der Waals surface area (Å²) in [5.41, 5.74) is 5.71. The van der Waals surface area contributed by atoms with E-state index in [9.17, 15) is 10.5 Å². The quantitative estimate of drug-likeness (QED) is 0.848. The van der Waals surface area contributed by atoms with E-state index in [0.29, 0.717) is 28.4 Å². The van der Waals surface area contributed by atoms with Crippen molar-refractivity contribution in [3.8, 4) is 35.1 Å². The number of ether oxygens (including phenoxy) is 4. The van der Waals surface area contributed by atoms with E-state index in [0.717, 1.165) is 0 Å². The second-order valence-electron chi connectivity index (χ2n) is 5.33. The van der Waals surface area contributed by atoms with Crippen LogP contribution in [0, 0.1) is 22.7 Å². The van der Waals surface area contributed by atoms with Crippen molar-refractivity contribution in [3.63, 3.8) is 0 Å². The van der Waals surface area contributed by atoms with Crippen molar-refractivity contribution < 1.29 is 18.9 Å². The Morgan fingerprint density at radius 1 is 0.846 bits per heavy atom. The normalized spacial score (nSPS) is 12.3. The summed E-state index contributed by atoms with van der Waals surface area (Å²) in [4.78, 5) is 0. The van der Waals surface area contributed by atoms with Crippen molar-refractivity contribution in [1.82, 2.24) is 0 Å². The number of hydrogen-bond acceptors (Lipinski definition) is 7. The lowest BCUT2D eigenvalue weighted by molar-refractivity contribution is 0.352. The molecular formula is C19H19N3O4. The molecule has 0 spiro atoms. The van der Waals surface area contributed by atoms with Gasteiger partial charge in [0, 0.05) is 5.56 Å². The molecule has 0 aliphatic carbocycles. The highest BCUT2D eigenvalue weighted by Gasteiger charge is 2.35. The first kappa shape index (κ1) is 18.9. The molecule has 0 saturated heterocycles. The van der Waals surface area contributed by atoms with Crippen LogP contribution in [0.2, 0.25) is 0 Å². The molecule has 7 heteroatoms. The molecule has 7 nitrogen and oxygen atoms in total. The number of nitrogens with zero attached hydrogens (tertiary/aromatic N) is 2. The van der Waals surface area contributed by atoms with Crippen LogP contribution in [0.4, 0.5) is 0 Å². The van der Waals surface area contributed by atoms with Gasteiger partial charge in [0.05, 0.1) is 34.5 Å². The highest BCUT2D eigenvalue weighted by atomic mass is 16.5. The monoisotopic (exact) mass is 353 g/mol. The molecule has 0 aromatic heterocycles. The topological polar surface area (TPSA) is 111 Å². The van der Waals surface area contributed by atoms with E-state index in [-0.39, 0.29) is 11.3 Å². The molecule has 2 rings (SSSR count). The number of benzene rings is 2. The van der Waals surface area contributed by atoms with Crippen molar-refractivity contribution in [2.75, 3.05) is 28.4 Å². The standard InChI is InChI=1S/C19H19N3O4/c1-23-15-7-5-12(9-17(15)25-3)19(22,11-21)14-6-8-16(24-2)18(26-4)13(14)10-20/h5-9H,22H2,1-4H3/t19-/m0/s1. The number of nitriles is 2. The lowest BCUT2D eigenvalue weighted by Gasteiger charge is -2.26. The van der Waals surface area contributed by atoms with Crippen molar-refractivity contribution in [3.05, 3.63) is 47.0 Å². The molecule has 26 heavy (non-hydrogen) atoms. The van der Waals surface area contributed by atoms with E-state index in [1.54, 1.807) is 30.3 Å². The average Bonchev–Trinajstić information content (AvgIpc) is 2.70. The zero-order chi connectivity index (χ0) is 19.3. The third-order valence-corrected chi connectivity index (χ3v) is 4.10. The van der Waals surface area contributed by atoms with Crippen LogP contribution in [0.25, 0.3) is 0 Å². The summed E-state index contributed by atoms with van der Waals surface area (Å²) >= 11 is 0. The number of nitrogens with two attached hydrogens (primary N) is 1. The molecule has 0 aliphatic heterocycles. The van der Waals surface area contributed by atoms with Gasteiger partial charge in [0.25, 0.3) is 0 Å². The largest absolute Gasteiger partial charge is 0.493 e. The van der Waals surface area contributed by atoms with Crippen LogP contribution in [-0.2, 0) is 5.54 Å². The molecule has 0 fully saturated rings. The van der Waals surface area contributed by atoms with Gasteiger partial charge in [0.1, 0.15) is 11.6 Å². The minimum atomic E-state index is -1.61. The zero-order valence-corrected chi connectivity index (χ0v) is 15.0. The lowest BCUT2D eigenvalue weighted by Crippen LogP contribution is -2.37. The maximum Gasteiger partial charge on any atom is 0.178 e. The van der Waals surface area contributed by atoms with Gasteiger partial charge in [-0.2, -0.15) is 10.5 Å². The van der Waals surface area contributed by atoms with Crippen molar-refractivity contribution in [2.45, 2.75) is 5.54 Å². The Hall–Kier alpha value is -3.42. The summed E-state index contributed by atoms with van der Waals surface area (Å²) in [7, 11) is 5.89. The van der Waals surface area contributed by atoms with E-state index >= 15 is 0 Å². The molecule has 0 aliphatic rings. The second kappa shape index (κ2) is 7.64. The van der Waals surface area contributed by atoms with Crippen LogP contribution in [0.3, 0.4) is 0 Å². The molecular weight excluding hydrogens is 334 g/mol. The Labute approximate surface area is 152 Å². The van der Waals surface area contributed by atoms with Gasteiger partial charge in [-0.05, 0) is 23.8 Å². The van der Waals surface area contributed by atoms with Gasteiger partial charge in [0.15, 0.2) is 28.5 Å². The van der Waals surface area contributed by atoms with Gasteiger partial charge in [-0.1, -0.05) is 12.1 Å². The third kappa shape index (κ3) is 2.97. The molecule has 1 atom stereocenters. The van der Waals surface area contributed by atoms with E-state index < -0.39 is 5.54 Å². The van der Waals surface area contributed by atoms with Gasteiger partial charge in [-0.15, -0.1) is 0 Å². The molecule has 0 saturated carbocycles. The van der Waals surface area contributed by atoms with Crippen molar-refractivity contribution in [1.29, 1.82) is 10.5 Å². The van der Waals surface area contributed by atoms with E-state index in [2.05, 4.69) is 12.1 Å². The minimum Gasteiger partial charge on any atom is -0.493 e. The fourth-order valence-corrected chi connectivity index (χ4v) is 2.73. The van der Waals surface area contributed by atoms with Gasteiger partial charge < -0.3 is 24.7 Å². The minimum absolute atomic E-state index is 0.130. The molecule has 0 bridgehead atoms. The Morgan fingerprint density at radius 3 is 1.96 bits per heavy atom. The first-order chi connectivity index (χ1) is 12.5. The predicted octanol–water partition coefficient (Wildman–Crippen LogP) is 2.32. The SMILES string of the molecule is COc1ccc([C@@](N)(C#N)c2ccc(OC)c(OC)c2C#N)cc1OC. The Bertz CT molecular complexity index is 899. The summed E-state index contributed by atoms with van der Waals surface area (Å²) in [6.45, 7) is 0. The Balaban J connectivity index is 2.76. The highest BCUT2D eigenvalue weighted by Crippen LogP contribution is 2.40. The smallest absolute Gasteiger partial charge is 0.178 e. The summed E-state index contributed by atoms with van der Waals surface area (Å²) in [5, 5.41) is 19.5. The van der Waals surface area contributed by atoms with Crippen LogP contribution in [0.15, 0.2) is 30.3 Å². The molecule has 2 aromatic rings. The van der Waals surface area contributed by atoms with Gasteiger partial charge in [0.2, 0.25) is 0 Å². The molecule has 2 N–H and O–H groups in total. The summed E-state index contributed by atoms with van der Waals surface area (Å²) in [6, 6.07) is 12.3. The molecule has 0 unspecified atom stereocenters. The maximum atomic E-state index is 9.86. The van der Waals surface area contributed by atoms with Crippen LogP contribution in [0.5, 0.6) is 23.0 Å². The van der Waals surface area contributed by atoms with Crippen LogP contribution in [-0.4, -0.2) is 28.4 Å². The van der Waals surface area contributed by atoms with Crippen LogP contribution >= 0.6 is 0 Å². The number of methoxy groups -OCH3 is 4. The van der Waals surface area contributed by atoms with Gasteiger partial charge >= 0.3 is 0 Å². The average molecular weight is 353 g/mol. The molecule has 0 radical (unpaired) electrons. The predicted molar refractivity (Wildman–Crippen MR) is 94.4 cm³/mol. The molecule has 134 valence electrons.